The molecule has 0 saturated heterocycles. The summed E-state index contributed by atoms with van der Waals surface area (Å²) in [4.78, 5) is 22.5. The first kappa shape index (κ1) is 16.1. The summed E-state index contributed by atoms with van der Waals surface area (Å²) in [6.45, 7) is 0.438. The van der Waals surface area contributed by atoms with Crippen LogP contribution < -0.4 is 5.32 Å². The molecule has 0 aliphatic rings. The van der Waals surface area contributed by atoms with Crippen LogP contribution in [0, 0.1) is 10.1 Å². The number of hydrogen-bond acceptors (Lipinski definition) is 4. The Morgan fingerprint density at radius 2 is 2.09 bits per heavy atom. The highest BCUT2D eigenvalue weighted by molar-refractivity contribution is 9.10. The Balaban J connectivity index is 2.20. The van der Waals surface area contributed by atoms with E-state index in [0.717, 1.165) is 5.56 Å². The van der Waals surface area contributed by atoms with Crippen molar-refractivity contribution in [1.82, 2.24) is 0 Å². The fraction of sp³-hybridized carbons (Fsp3) is 0.133. The van der Waals surface area contributed by atoms with Crippen LogP contribution in [0.2, 0.25) is 0 Å². The topological polar surface area (TPSA) is 81.5 Å². The van der Waals surface area contributed by atoms with Gasteiger partial charge in [0.15, 0.2) is 0 Å². The standard InChI is InChI=1S/C15H13BrN2O4/c1-22-9-10-3-2-4-12(7-10)17-15(19)11-5-6-13(16)14(8-11)18(20)21/h2-8H,9H2,1H3,(H,17,19). The second-order valence-electron chi connectivity index (χ2n) is 4.51. The molecule has 0 atom stereocenters. The molecule has 2 aromatic carbocycles. The predicted octanol–water partition coefficient (Wildman–Crippen LogP) is 3.76. The van der Waals surface area contributed by atoms with Gasteiger partial charge in [0.2, 0.25) is 0 Å². The monoisotopic (exact) mass is 364 g/mol. The van der Waals surface area contributed by atoms with Crippen molar-refractivity contribution in [3.63, 3.8) is 0 Å². The van der Waals surface area contributed by atoms with Gasteiger partial charge in [0, 0.05) is 24.4 Å². The Morgan fingerprint density at radius 3 is 2.77 bits per heavy atom. The SMILES string of the molecule is COCc1cccc(NC(=O)c2ccc(Br)c([N+](=O)[O-])c2)c1. The normalized spacial score (nSPS) is 10.3. The second-order valence-corrected chi connectivity index (χ2v) is 5.37. The van der Waals surface area contributed by atoms with Crippen LogP contribution in [0.5, 0.6) is 0 Å². The number of carbonyl (C=O) groups excluding carboxylic acids is 1. The zero-order valence-electron chi connectivity index (χ0n) is 11.7. The molecule has 7 heteroatoms. The van der Waals surface area contributed by atoms with E-state index in [2.05, 4.69) is 21.2 Å². The Labute approximate surface area is 135 Å². The third-order valence-electron chi connectivity index (χ3n) is 2.90. The lowest BCUT2D eigenvalue weighted by Gasteiger charge is -2.07. The number of benzene rings is 2. The van der Waals surface area contributed by atoms with E-state index in [4.69, 9.17) is 4.74 Å². The average Bonchev–Trinajstić information content (AvgIpc) is 2.48. The van der Waals surface area contributed by atoms with Crippen molar-refractivity contribution < 1.29 is 14.5 Å². The maximum atomic E-state index is 12.2. The van der Waals surface area contributed by atoms with Crippen LogP contribution in [0.25, 0.3) is 0 Å². The average molecular weight is 365 g/mol. The molecule has 2 aromatic rings. The van der Waals surface area contributed by atoms with Gasteiger partial charge >= 0.3 is 0 Å². The third kappa shape index (κ3) is 3.90. The van der Waals surface area contributed by atoms with E-state index in [1.54, 1.807) is 25.3 Å². The number of carbonyl (C=O) groups is 1. The molecule has 0 aliphatic carbocycles. The lowest BCUT2D eigenvalue weighted by atomic mass is 10.1. The summed E-state index contributed by atoms with van der Waals surface area (Å²) in [6, 6.07) is 11.4. The molecule has 22 heavy (non-hydrogen) atoms. The van der Waals surface area contributed by atoms with Gasteiger partial charge in [-0.3, -0.25) is 14.9 Å². The molecule has 1 N–H and O–H groups in total. The van der Waals surface area contributed by atoms with Gasteiger partial charge in [-0.05, 0) is 45.8 Å². The van der Waals surface area contributed by atoms with Crippen LogP contribution in [-0.4, -0.2) is 17.9 Å². The highest BCUT2D eigenvalue weighted by atomic mass is 79.9. The van der Waals surface area contributed by atoms with Gasteiger partial charge in [0.1, 0.15) is 0 Å². The first-order valence-electron chi connectivity index (χ1n) is 6.34. The van der Waals surface area contributed by atoms with Crippen LogP contribution >= 0.6 is 15.9 Å². The summed E-state index contributed by atoms with van der Waals surface area (Å²) in [5.41, 5.74) is 1.58. The number of nitro benzene ring substituents is 1. The second kappa shape index (κ2) is 7.15. The van der Waals surface area contributed by atoms with E-state index in [1.807, 2.05) is 6.07 Å². The summed E-state index contributed by atoms with van der Waals surface area (Å²) in [6.07, 6.45) is 0. The van der Waals surface area contributed by atoms with Crippen LogP contribution in [0.3, 0.4) is 0 Å². The largest absolute Gasteiger partial charge is 0.380 e. The van der Waals surface area contributed by atoms with Crippen molar-refractivity contribution in [3.8, 4) is 0 Å². The Kier molecular flexibility index (Phi) is 5.24. The number of ether oxygens (including phenoxy) is 1. The number of nitro groups is 1. The van der Waals surface area contributed by atoms with Crippen molar-refractivity contribution in [1.29, 1.82) is 0 Å². The van der Waals surface area contributed by atoms with Gasteiger partial charge in [0.25, 0.3) is 11.6 Å². The number of nitrogens with one attached hydrogen (secondary N) is 1. The van der Waals surface area contributed by atoms with Crippen LogP contribution in [0.1, 0.15) is 15.9 Å². The Bertz CT molecular complexity index is 718. The van der Waals surface area contributed by atoms with Gasteiger partial charge in [-0.25, -0.2) is 0 Å². The zero-order valence-corrected chi connectivity index (χ0v) is 13.3. The van der Waals surface area contributed by atoms with Crippen molar-refractivity contribution in [2.24, 2.45) is 0 Å². The van der Waals surface area contributed by atoms with E-state index in [9.17, 15) is 14.9 Å². The molecule has 114 valence electrons. The number of nitrogens with zero attached hydrogens (tertiary/aromatic N) is 1. The molecule has 6 nitrogen and oxygen atoms in total. The number of halogens is 1. The summed E-state index contributed by atoms with van der Waals surface area (Å²) < 4.78 is 5.36. The number of anilines is 1. The van der Waals surface area contributed by atoms with Crippen molar-refractivity contribution in [3.05, 3.63) is 68.2 Å². The number of amides is 1. The fourth-order valence-corrected chi connectivity index (χ4v) is 2.29. The minimum Gasteiger partial charge on any atom is -0.380 e. The van der Waals surface area contributed by atoms with E-state index < -0.39 is 10.8 Å². The predicted molar refractivity (Wildman–Crippen MR) is 85.9 cm³/mol. The molecule has 0 unspecified atom stereocenters. The zero-order chi connectivity index (χ0) is 16.1. The minimum absolute atomic E-state index is 0.152. The third-order valence-corrected chi connectivity index (χ3v) is 3.57. The first-order valence-corrected chi connectivity index (χ1v) is 7.13. The van der Waals surface area contributed by atoms with Crippen LogP contribution in [0.4, 0.5) is 11.4 Å². The van der Waals surface area contributed by atoms with Gasteiger partial charge < -0.3 is 10.1 Å². The first-order chi connectivity index (χ1) is 10.5. The van der Waals surface area contributed by atoms with E-state index in [-0.39, 0.29) is 11.3 Å². The lowest BCUT2D eigenvalue weighted by molar-refractivity contribution is -0.385. The molecular weight excluding hydrogens is 352 g/mol. The maximum absolute atomic E-state index is 12.2. The number of hydrogen-bond donors (Lipinski definition) is 1. The van der Waals surface area contributed by atoms with E-state index in [0.29, 0.717) is 16.8 Å². The van der Waals surface area contributed by atoms with Gasteiger partial charge in [-0.15, -0.1) is 0 Å². The van der Waals surface area contributed by atoms with E-state index in [1.165, 1.54) is 18.2 Å². The smallest absolute Gasteiger partial charge is 0.284 e. The molecule has 0 aliphatic heterocycles. The highest BCUT2D eigenvalue weighted by Crippen LogP contribution is 2.26. The lowest BCUT2D eigenvalue weighted by Crippen LogP contribution is -2.12. The number of rotatable bonds is 5. The molecule has 0 bridgehead atoms. The van der Waals surface area contributed by atoms with Crippen molar-refractivity contribution in [2.45, 2.75) is 6.61 Å². The summed E-state index contributed by atoms with van der Waals surface area (Å²) in [5.74, 6) is -0.412. The molecule has 2 rings (SSSR count). The van der Waals surface area contributed by atoms with Crippen molar-refractivity contribution in [2.75, 3.05) is 12.4 Å². The Morgan fingerprint density at radius 1 is 1.32 bits per heavy atom. The molecule has 0 heterocycles. The molecule has 0 spiro atoms. The van der Waals surface area contributed by atoms with Gasteiger partial charge in [-0.2, -0.15) is 0 Å². The maximum Gasteiger partial charge on any atom is 0.284 e. The molecular formula is C15H13BrN2O4. The molecule has 0 fully saturated rings. The summed E-state index contributed by atoms with van der Waals surface area (Å²) in [7, 11) is 1.59. The van der Waals surface area contributed by atoms with Gasteiger partial charge in [0.05, 0.1) is 16.0 Å². The highest BCUT2D eigenvalue weighted by Gasteiger charge is 2.16. The van der Waals surface area contributed by atoms with Crippen molar-refractivity contribution >= 4 is 33.2 Å². The summed E-state index contributed by atoms with van der Waals surface area (Å²) in [5, 5.41) is 13.6. The number of methoxy groups -OCH3 is 1. The van der Waals surface area contributed by atoms with Crippen LogP contribution in [-0.2, 0) is 11.3 Å². The fourth-order valence-electron chi connectivity index (χ4n) is 1.90. The Hall–Kier alpha value is -2.25. The molecule has 0 radical (unpaired) electrons. The summed E-state index contributed by atoms with van der Waals surface area (Å²) >= 11 is 3.09. The molecule has 1 amide bonds. The van der Waals surface area contributed by atoms with Gasteiger partial charge in [-0.1, -0.05) is 12.1 Å². The van der Waals surface area contributed by atoms with E-state index >= 15 is 0 Å². The minimum atomic E-state index is -0.542. The quantitative estimate of drug-likeness (QED) is 0.646. The molecule has 0 saturated carbocycles. The molecule has 0 aromatic heterocycles. The van der Waals surface area contributed by atoms with Crippen LogP contribution in [0.15, 0.2) is 46.9 Å².